The van der Waals surface area contributed by atoms with Crippen LogP contribution in [0.1, 0.15) is 83.6 Å². The molecule has 18 nitrogen and oxygen atoms in total. The van der Waals surface area contributed by atoms with Crippen LogP contribution < -0.4 is 44.2 Å². The Labute approximate surface area is 315 Å². The molecule has 1 aliphatic heterocycles. The van der Waals surface area contributed by atoms with Gasteiger partial charge in [0.15, 0.2) is 0 Å². The summed E-state index contributed by atoms with van der Waals surface area (Å²) in [5.74, 6) is -6.17. The Kier molecular flexibility index (Phi) is 19.1. The highest BCUT2D eigenvalue weighted by Crippen LogP contribution is 2.21. The summed E-state index contributed by atoms with van der Waals surface area (Å²) < 4.78 is 0. The highest BCUT2D eigenvalue weighted by atomic mass is 16.4. The predicted molar refractivity (Wildman–Crippen MR) is 197 cm³/mol. The summed E-state index contributed by atoms with van der Waals surface area (Å²) in [4.78, 5) is 104. The van der Waals surface area contributed by atoms with Gasteiger partial charge in [0.1, 0.15) is 30.2 Å². The number of aliphatic carboxylic acids is 1. The van der Waals surface area contributed by atoms with Gasteiger partial charge in [-0.2, -0.15) is 0 Å². The number of benzene rings is 1. The minimum atomic E-state index is -1.37. The molecule has 0 spiro atoms. The van der Waals surface area contributed by atoms with Gasteiger partial charge in [-0.25, -0.2) is 4.79 Å². The Bertz CT molecular complexity index is 1460. The highest BCUT2D eigenvalue weighted by molar-refractivity contribution is 5.97. The monoisotopic (exact) mass is 759 g/mol. The SMILES string of the molecule is CC(C)CC(NC(=O)C(N)CCC(N)=O)C(=O)N1CCCC1C(=O)NC(CCC(N)=O)C(=O)NC(Cc1ccccc1)C(=O)NC(CCCCN)C(=O)O. The van der Waals surface area contributed by atoms with E-state index in [1.54, 1.807) is 30.3 Å². The van der Waals surface area contributed by atoms with E-state index in [0.717, 1.165) is 0 Å². The van der Waals surface area contributed by atoms with Crippen molar-refractivity contribution in [3.05, 3.63) is 35.9 Å². The first-order chi connectivity index (χ1) is 25.5. The third kappa shape index (κ3) is 15.5. The number of unbranched alkanes of at least 4 members (excludes halogenated alkanes) is 1. The number of amides is 7. The van der Waals surface area contributed by atoms with Crippen LogP contribution in [0.3, 0.4) is 0 Å². The predicted octanol–water partition coefficient (Wildman–Crippen LogP) is -1.72. The molecule has 0 saturated carbocycles. The molecule has 1 saturated heterocycles. The highest BCUT2D eigenvalue weighted by Gasteiger charge is 2.40. The van der Waals surface area contributed by atoms with Crippen molar-refractivity contribution in [2.75, 3.05) is 13.1 Å². The van der Waals surface area contributed by atoms with Crippen LogP contribution in [-0.4, -0.2) is 107 Å². The fourth-order valence-corrected chi connectivity index (χ4v) is 6.08. The van der Waals surface area contributed by atoms with Crippen LogP contribution in [0.25, 0.3) is 0 Å². The number of carboxylic acid groups (broad SMARTS) is 1. The number of hydrogen-bond acceptors (Lipinski definition) is 10. The number of nitrogens with one attached hydrogen (secondary N) is 4. The number of nitrogens with two attached hydrogens (primary N) is 4. The van der Waals surface area contributed by atoms with Crippen LogP contribution >= 0.6 is 0 Å². The van der Waals surface area contributed by atoms with Gasteiger partial charge in [-0.15, -0.1) is 0 Å². The first-order valence-corrected chi connectivity index (χ1v) is 18.3. The molecule has 18 heteroatoms. The maximum Gasteiger partial charge on any atom is 0.326 e. The summed E-state index contributed by atoms with van der Waals surface area (Å²) in [6.07, 6.45) is 1.31. The molecule has 54 heavy (non-hydrogen) atoms. The second-order valence-electron chi connectivity index (χ2n) is 14.0. The smallest absolute Gasteiger partial charge is 0.326 e. The Morgan fingerprint density at radius 2 is 1.37 bits per heavy atom. The standard InChI is InChI=1S/C36H57N9O9/c1-21(2)19-27(44-31(48)23(38)13-15-29(39)46)35(52)45-18-8-12-28(45)34(51)41-24(14-16-30(40)47)32(49)43-26(20-22-9-4-3-5-10-22)33(50)42-25(36(53)54)11-6-7-17-37/h3-5,9-10,21,23-28H,6-8,11-20,37-38H2,1-2H3,(H2,39,46)(H2,40,47)(H,41,51)(H,42,50)(H,43,49)(H,44,48)(H,53,54). The maximum atomic E-state index is 13.9. The molecule has 2 rings (SSSR count). The molecule has 7 amide bonds. The summed E-state index contributed by atoms with van der Waals surface area (Å²) in [6.45, 7) is 4.24. The van der Waals surface area contributed by atoms with Crippen molar-refractivity contribution in [3.8, 4) is 0 Å². The molecule has 6 unspecified atom stereocenters. The van der Waals surface area contributed by atoms with Crippen molar-refractivity contribution < 1.29 is 43.5 Å². The summed E-state index contributed by atoms with van der Waals surface area (Å²) in [5, 5.41) is 20.1. The van der Waals surface area contributed by atoms with Gasteiger partial charge in [-0.3, -0.25) is 33.6 Å². The summed E-state index contributed by atoms with van der Waals surface area (Å²) in [5.41, 5.74) is 22.7. The third-order valence-corrected chi connectivity index (χ3v) is 8.99. The Balaban J connectivity index is 2.29. The number of likely N-dealkylation sites (tertiary alicyclic amines) is 1. The largest absolute Gasteiger partial charge is 0.480 e. The number of rotatable bonds is 24. The summed E-state index contributed by atoms with van der Waals surface area (Å²) in [6, 6.07) is 1.62. The van der Waals surface area contributed by atoms with Crippen LogP contribution in [0.5, 0.6) is 0 Å². The van der Waals surface area contributed by atoms with Crippen LogP contribution in [0.15, 0.2) is 30.3 Å². The Morgan fingerprint density at radius 3 is 1.96 bits per heavy atom. The van der Waals surface area contributed by atoms with Gasteiger partial charge in [-0.05, 0) is 69.4 Å². The summed E-state index contributed by atoms with van der Waals surface area (Å²) >= 11 is 0. The third-order valence-electron chi connectivity index (χ3n) is 8.99. The normalized spacial score (nSPS) is 16.7. The van der Waals surface area contributed by atoms with Crippen LogP contribution in [0, 0.1) is 5.92 Å². The van der Waals surface area contributed by atoms with E-state index in [1.807, 2.05) is 13.8 Å². The zero-order chi connectivity index (χ0) is 40.4. The van der Waals surface area contributed by atoms with E-state index < -0.39 is 83.6 Å². The zero-order valence-electron chi connectivity index (χ0n) is 31.1. The number of primary amides is 2. The van der Waals surface area contributed by atoms with Crippen molar-refractivity contribution in [2.45, 2.75) is 121 Å². The van der Waals surface area contributed by atoms with Gasteiger partial charge in [0.2, 0.25) is 41.4 Å². The van der Waals surface area contributed by atoms with Gasteiger partial charge < -0.3 is 54.2 Å². The summed E-state index contributed by atoms with van der Waals surface area (Å²) in [7, 11) is 0. The van der Waals surface area contributed by atoms with E-state index in [-0.39, 0.29) is 63.8 Å². The number of carboxylic acids is 1. The lowest BCUT2D eigenvalue weighted by molar-refractivity contribution is -0.143. The molecule has 300 valence electrons. The minimum Gasteiger partial charge on any atom is -0.480 e. The van der Waals surface area contributed by atoms with Crippen molar-refractivity contribution in [1.82, 2.24) is 26.2 Å². The first-order valence-electron chi connectivity index (χ1n) is 18.3. The zero-order valence-corrected chi connectivity index (χ0v) is 31.1. The first kappa shape index (κ1) is 45.1. The molecule has 1 fully saturated rings. The second-order valence-corrected chi connectivity index (χ2v) is 14.0. The lowest BCUT2D eigenvalue weighted by atomic mass is 10.0. The number of hydrogen-bond donors (Lipinski definition) is 9. The van der Waals surface area contributed by atoms with Gasteiger partial charge >= 0.3 is 5.97 Å². The molecule has 1 heterocycles. The van der Waals surface area contributed by atoms with Crippen LogP contribution in [0.2, 0.25) is 0 Å². The fraction of sp³-hybridized carbons (Fsp3) is 0.611. The lowest BCUT2D eigenvalue weighted by Crippen LogP contribution is -2.59. The van der Waals surface area contributed by atoms with E-state index in [2.05, 4.69) is 21.3 Å². The molecule has 1 aromatic rings. The second kappa shape index (κ2) is 22.9. The molecule has 0 radical (unpaired) electrons. The van der Waals surface area contributed by atoms with Crippen molar-refractivity contribution in [1.29, 1.82) is 0 Å². The Morgan fingerprint density at radius 1 is 0.778 bits per heavy atom. The lowest BCUT2D eigenvalue weighted by Gasteiger charge is -2.31. The molecule has 0 bridgehead atoms. The maximum absolute atomic E-state index is 13.9. The molecule has 0 aromatic heterocycles. The molecule has 13 N–H and O–H groups in total. The minimum absolute atomic E-state index is 0.0178. The molecular formula is C36H57N9O9. The van der Waals surface area contributed by atoms with E-state index in [4.69, 9.17) is 22.9 Å². The van der Waals surface area contributed by atoms with Crippen molar-refractivity contribution in [3.63, 3.8) is 0 Å². The van der Waals surface area contributed by atoms with E-state index >= 15 is 0 Å². The number of carbonyl (C=O) groups is 8. The molecule has 0 aliphatic carbocycles. The molecule has 1 aromatic carbocycles. The van der Waals surface area contributed by atoms with Gasteiger partial charge in [0.05, 0.1) is 6.04 Å². The average Bonchev–Trinajstić information content (AvgIpc) is 3.61. The molecule has 1 aliphatic rings. The molecular weight excluding hydrogens is 702 g/mol. The van der Waals surface area contributed by atoms with Gasteiger partial charge in [-0.1, -0.05) is 44.2 Å². The topological polar surface area (TPSA) is 312 Å². The fourth-order valence-electron chi connectivity index (χ4n) is 6.08. The van der Waals surface area contributed by atoms with Crippen LogP contribution in [-0.2, 0) is 44.8 Å². The molecule has 6 atom stereocenters. The van der Waals surface area contributed by atoms with E-state index in [9.17, 15) is 43.5 Å². The Hall–Kier alpha value is -5.10. The quantitative estimate of drug-likeness (QED) is 0.0534. The van der Waals surface area contributed by atoms with E-state index in [1.165, 1.54) is 4.90 Å². The van der Waals surface area contributed by atoms with Gasteiger partial charge in [0, 0.05) is 25.8 Å². The average molecular weight is 760 g/mol. The van der Waals surface area contributed by atoms with Crippen molar-refractivity contribution in [2.24, 2.45) is 28.9 Å². The van der Waals surface area contributed by atoms with E-state index in [0.29, 0.717) is 31.4 Å². The number of carbonyl (C=O) groups excluding carboxylic acids is 7. The van der Waals surface area contributed by atoms with Crippen molar-refractivity contribution >= 4 is 47.3 Å². The van der Waals surface area contributed by atoms with Crippen LogP contribution in [0.4, 0.5) is 0 Å². The van der Waals surface area contributed by atoms with Gasteiger partial charge in [0.25, 0.3) is 0 Å². The number of nitrogens with zero attached hydrogens (tertiary/aromatic N) is 1.